The normalized spacial score (nSPS) is 11.0. The maximum absolute atomic E-state index is 13.8. The van der Waals surface area contributed by atoms with Crippen LogP contribution >= 0.6 is 0 Å². The molecule has 0 spiro atoms. The number of benzene rings is 2. The predicted octanol–water partition coefficient (Wildman–Crippen LogP) is 3.98. The predicted molar refractivity (Wildman–Crippen MR) is 67.5 cm³/mol. The van der Waals surface area contributed by atoms with Crippen molar-refractivity contribution in [3.8, 4) is 5.75 Å². The van der Waals surface area contributed by atoms with Gasteiger partial charge in [-0.3, -0.25) is 4.79 Å². The van der Waals surface area contributed by atoms with Gasteiger partial charge in [-0.1, -0.05) is 24.3 Å². The summed E-state index contributed by atoms with van der Waals surface area (Å²) in [5.74, 6) is -2.94. The SMILES string of the molecule is O=C(Nc1cccc(OC(F)(F)F)c1F)c1ccccc1. The van der Waals surface area contributed by atoms with Crippen LogP contribution in [0.1, 0.15) is 10.4 Å². The van der Waals surface area contributed by atoms with Gasteiger partial charge < -0.3 is 10.1 Å². The lowest BCUT2D eigenvalue weighted by Gasteiger charge is -2.12. The van der Waals surface area contributed by atoms with Gasteiger partial charge >= 0.3 is 6.36 Å². The average molecular weight is 299 g/mol. The fourth-order valence-corrected chi connectivity index (χ4v) is 1.59. The van der Waals surface area contributed by atoms with Crippen molar-refractivity contribution in [1.82, 2.24) is 0 Å². The van der Waals surface area contributed by atoms with Crippen molar-refractivity contribution in [2.24, 2.45) is 0 Å². The second kappa shape index (κ2) is 5.82. The Balaban J connectivity index is 2.21. The summed E-state index contributed by atoms with van der Waals surface area (Å²) >= 11 is 0. The molecule has 0 atom stereocenters. The molecule has 3 nitrogen and oxygen atoms in total. The number of anilines is 1. The van der Waals surface area contributed by atoms with Crippen LogP contribution in [0.2, 0.25) is 0 Å². The highest BCUT2D eigenvalue weighted by Crippen LogP contribution is 2.29. The standard InChI is InChI=1S/C14H9F4NO2/c15-12-10(7-4-8-11(12)21-14(16,17)18)19-13(20)9-5-2-1-3-6-9/h1-8H,(H,19,20). The summed E-state index contributed by atoms with van der Waals surface area (Å²) in [5, 5.41) is 2.19. The first-order valence-electron chi connectivity index (χ1n) is 5.77. The third kappa shape index (κ3) is 3.95. The molecule has 110 valence electrons. The lowest BCUT2D eigenvalue weighted by Crippen LogP contribution is -2.19. The molecule has 0 bridgehead atoms. The van der Waals surface area contributed by atoms with Gasteiger partial charge in [-0.2, -0.15) is 0 Å². The minimum absolute atomic E-state index is 0.249. The highest BCUT2D eigenvalue weighted by Gasteiger charge is 2.32. The van der Waals surface area contributed by atoms with E-state index in [0.29, 0.717) is 0 Å². The van der Waals surface area contributed by atoms with Crippen molar-refractivity contribution in [2.75, 3.05) is 5.32 Å². The van der Waals surface area contributed by atoms with E-state index in [1.165, 1.54) is 12.1 Å². The monoisotopic (exact) mass is 299 g/mol. The third-order valence-electron chi connectivity index (χ3n) is 2.47. The molecule has 0 aromatic heterocycles. The topological polar surface area (TPSA) is 38.3 Å². The number of ether oxygens (including phenoxy) is 1. The van der Waals surface area contributed by atoms with Crippen LogP contribution in [-0.2, 0) is 0 Å². The molecule has 0 saturated heterocycles. The summed E-state index contributed by atoms with van der Waals surface area (Å²) in [6.45, 7) is 0. The van der Waals surface area contributed by atoms with E-state index in [9.17, 15) is 22.4 Å². The first-order chi connectivity index (χ1) is 9.87. The molecule has 2 aromatic carbocycles. The van der Waals surface area contributed by atoms with Gasteiger partial charge in [0, 0.05) is 5.56 Å². The van der Waals surface area contributed by atoms with Gasteiger partial charge in [0.15, 0.2) is 11.6 Å². The summed E-state index contributed by atoms with van der Waals surface area (Å²) in [4.78, 5) is 11.8. The van der Waals surface area contributed by atoms with Crippen molar-refractivity contribution in [1.29, 1.82) is 0 Å². The fraction of sp³-hybridized carbons (Fsp3) is 0.0714. The van der Waals surface area contributed by atoms with Crippen molar-refractivity contribution in [2.45, 2.75) is 6.36 Å². The molecule has 1 amide bonds. The fourth-order valence-electron chi connectivity index (χ4n) is 1.59. The van der Waals surface area contributed by atoms with Crippen LogP contribution < -0.4 is 10.1 Å². The number of carbonyl (C=O) groups is 1. The number of amides is 1. The largest absolute Gasteiger partial charge is 0.573 e. The van der Waals surface area contributed by atoms with E-state index >= 15 is 0 Å². The van der Waals surface area contributed by atoms with Crippen molar-refractivity contribution in [3.05, 3.63) is 59.9 Å². The molecule has 0 radical (unpaired) electrons. The van der Waals surface area contributed by atoms with E-state index in [1.807, 2.05) is 0 Å². The molecule has 0 heterocycles. The first-order valence-corrected chi connectivity index (χ1v) is 5.77. The van der Waals surface area contributed by atoms with Crippen LogP contribution in [-0.4, -0.2) is 12.3 Å². The molecule has 0 aliphatic rings. The summed E-state index contributed by atoms with van der Waals surface area (Å²) in [6, 6.07) is 11.0. The van der Waals surface area contributed by atoms with Gasteiger partial charge in [0.25, 0.3) is 5.91 Å². The molecule has 2 rings (SSSR count). The summed E-state index contributed by atoms with van der Waals surface area (Å²) < 4.78 is 53.7. The zero-order chi connectivity index (χ0) is 15.5. The Bertz CT molecular complexity index is 641. The van der Waals surface area contributed by atoms with Crippen LogP contribution in [0.3, 0.4) is 0 Å². The zero-order valence-electron chi connectivity index (χ0n) is 10.4. The molecule has 1 N–H and O–H groups in total. The Morgan fingerprint density at radius 2 is 1.67 bits per heavy atom. The average Bonchev–Trinajstić information content (AvgIpc) is 2.43. The molecule has 0 aliphatic carbocycles. The number of carbonyl (C=O) groups excluding carboxylic acids is 1. The molecule has 0 unspecified atom stereocenters. The number of rotatable bonds is 3. The van der Waals surface area contributed by atoms with Gasteiger partial charge in [-0.15, -0.1) is 13.2 Å². The maximum atomic E-state index is 13.8. The lowest BCUT2D eigenvalue weighted by molar-refractivity contribution is -0.275. The van der Waals surface area contributed by atoms with Crippen LogP contribution in [0.25, 0.3) is 0 Å². The van der Waals surface area contributed by atoms with Crippen molar-refractivity contribution < 1.29 is 27.1 Å². The van der Waals surface area contributed by atoms with Gasteiger partial charge in [0.2, 0.25) is 0 Å². The lowest BCUT2D eigenvalue weighted by atomic mass is 10.2. The molecule has 0 aliphatic heterocycles. The van der Waals surface area contributed by atoms with Gasteiger partial charge in [-0.25, -0.2) is 4.39 Å². The van der Waals surface area contributed by atoms with E-state index in [1.54, 1.807) is 18.2 Å². The molecule has 21 heavy (non-hydrogen) atoms. The Morgan fingerprint density at radius 1 is 1.00 bits per heavy atom. The third-order valence-corrected chi connectivity index (χ3v) is 2.47. The second-order valence-electron chi connectivity index (χ2n) is 3.99. The Kier molecular flexibility index (Phi) is 4.11. The van der Waals surface area contributed by atoms with E-state index in [4.69, 9.17) is 0 Å². The number of nitrogens with one attached hydrogen (secondary N) is 1. The minimum atomic E-state index is -5.01. The van der Waals surface area contributed by atoms with E-state index < -0.39 is 29.5 Å². The van der Waals surface area contributed by atoms with E-state index in [2.05, 4.69) is 10.1 Å². The zero-order valence-corrected chi connectivity index (χ0v) is 10.4. The number of halogens is 4. The maximum Gasteiger partial charge on any atom is 0.573 e. The quantitative estimate of drug-likeness (QED) is 0.871. The highest BCUT2D eigenvalue weighted by atomic mass is 19.4. The Hall–Kier alpha value is -2.57. The van der Waals surface area contributed by atoms with E-state index in [-0.39, 0.29) is 5.56 Å². The highest BCUT2D eigenvalue weighted by molar-refractivity contribution is 6.04. The molecular weight excluding hydrogens is 290 g/mol. The van der Waals surface area contributed by atoms with Gasteiger partial charge in [0.1, 0.15) is 0 Å². The number of hydrogen-bond donors (Lipinski definition) is 1. The van der Waals surface area contributed by atoms with Crippen LogP contribution in [0.4, 0.5) is 23.2 Å². The van der Waals surface area contributed by atoms with Crippen LogP contribution in [0.5, 0.6) is 5.75 Å². The minimum Gasteiger partial charge on any atom is -0.403 e. The van der Waals surface area contributed by atoms with Crippen molar-refractivity contribution >= 4 is 11.6 Å². The molecular formula is C14H9F4NO2. The van der Waals surface area contributed by atoms with Gasteiger partial charge in [0.05, 0.1) is 5.69 Å². The summed E-state index contributed by atoms with van der Waals surface area (Å²) in [5.41, 5.74) is -0.148. The number of alkyl halides is 3. The summed E-state index contributed by atoms with van der Waals surface area (Å²) in [7, 11) is 0. The smallest absolute Gasteiger partial charge is 0.403 e. The Labute approximate surface area is 117 Å². The van der Waals surface area contributed by atoms with Crippen molar-refractivity contribution in [3.63, 3.8) is 0 Å². The second-order valence-corrected chi connectivity index (χ2v) is 3.99. The molecule has 0 fully saturated rings. The summed E-state index contributed by atoms with van der Waals surface area (Å²) in [6.07, 6.45) is -5.01. The van der Waals surface area contributed by atoms with E-state index in [0.717, 1.165) is 18.2 Å². The molecule has 0 saturated carbocycles. The first kappa shape index (κ1) is 14.8. The number of hydrogen-bond acceptors (Lipinski definition) is 2. The molecule has 7 heteroatoms. The van der Waals surface area contributed by atoms with Crippen LogP contribution in [0.15, 0.2) is 48.5 Å². The van der Waals surface area contributed by atoms with Gasteiger partial charge in [-0.05, 0) is 24.3 Å². The molecule has 2 aromatic rings. The van der Waals surface area contributed by atoms with Crippen LogP contribution in [0, 0.1) is 5.82 Å². The Morgan fingerprint density at radius 3 is 2.29 bits per heavy atom.